The van der Waals surface area contributed by atoms with E-state index >= 15 is 0 Å². The Morgan fingerprint density at radius 1 is 1.42 bits per heavy atom. The monoisotopic (exact) mass is 261 g/mol. The lowest BCUT2D eigenvalue weighted by atomic mass is 9.92. The molecule has 2 atom stereocenters. The van der Waals surface area contributed by atoms with E-state index < -0.39 is 12.0 Å². The first-order valence-electron chi connectivity index (χ1n) is 6.59. The van der Waals surface area contributed by atoms with Crippen LogP contribution in [0.5, 0.6) is 11.5 Å². The summed E-state index contributed by atoms with van der Waals surface area (Å²) in [7, 11) is 1.57. The van der Waals surface area contributed by atoms with E-state index in [-0.39, 0.29) is 5.92 Å². The van der Waals surface area contributed by atoms with Gasteiger partial charge in [-0.3, -0.25) is 0 Å². The Bertz CT molecular complexity index is 477. The van der Waals surface area contributed by atoms with Crippen molar-refractivity contribution in [3.8, 4) is 17.6 Å². The molecular formula is C15H19NO3. The van der Waals surface area contributed by atoms with Gasteiger partial charge in [0.25, 0.3) is 0 Å². The van der Waals surface area contributed by atoms with Gasteiger partial charge < -0.3 is 14.6 Å². The third kappa shape index (κ3) is 2.99. The Hall–Kier alpha value is -1.73. The van der Waals surface area contributed by atoms with E-state index in [1.54, 1.807) is 19.2 Å². The molecule has 0 saturated heterocycles. The molecule has 4 nitrogen and oxygen atoms in total. The molecule has 0 amide bonds. The summed E-state index contributed by atoms with van der Waals surface area (Å²) in [5.41, 5.74) is 0.780. The molecule has 0 aliphatic heterocycles. The summed E-state index contributed by atoms with van der Waals surface area (Å²) in [4.78, 5) is 0. The maximum absolute atomic E-state index is 10.1. The minimum Gasteiger partial charge on any atom is -0.493 e. The van der Waals surface area contributed by atoms with Crippen LogP contribution in [0.25, 0.3) is 0 Å². The maximum atomic E-state index is 10.1. The van der Waals surface area contributed by atoms with Crippen LogP contribution in [-0.4, -0.2) is 24.9 Å². The third-order valence-electron chi connectivity index (χ3n) is 3.43. The number of hydrogen-bond acceptors (Lipinski definition) is 4. The van der Waals surface area contributed by atoms with Gasteiger partial charge in [0.1, 0.15) is 0 Å². The van der Waals surface area contributed by atoms with Crippen molar-refractivity contribution in [2.45, 2.75) is 31.8 Å². The van der Waals surface area contributed by atoms with E-state index in [9.17, 15) is 10.4 Å². The number of nitriles is 1. The first-order valence-corrected chi connectivity index (χ1v) is 6.59. The molecule has 2 rings (SSSR count). The second-order valence-electron chi connectivity index (χ2n) is 4.78. The molecule has 1 aromatic rings. The van der Waals surface area contributed by atoms with Gasteiger partial charge in [0, 0.05) is 0 Å². The van der Waals surface area contributed by atoms with E-state index in [1.807, 2.05) is 13.0 Å². The molecule has 0 radical (unpaired) electrons. The summed E-state index contributed by atoms with van der Waals surface area (Å²) in [5, 5.41) is 19.4. The fourth-order valence-corrected chi connectivity index (χ4v) is 2.21. The van der Waals surface area contributed by atoms with Crippen molar-refractivity contribution < 1.29 is 14.6 Å². The second-order valence-corrected chi connectivity index (χ2v) is 4.78. The van der Waals surface area contributed by atoms with E-state index in [1.165, 1.54) is 0 Å². The topological polar surface area (TPSA) is 62.5 Å². The molecule has 102 valence electrons. The second kappa shape index (κ2) is 5.94. The quantitative estimate of drug-likeness (QED) is 0.854. The minimum absolute atomic E-state index is 0.266. The zero-order valence-electron chi connectivity index (χ0n) is 11.3. The fourth-order valence-electron chi connectivity index (χ4n) is 2.21. The van der Waals surface area contributed by atoms with Crippen LogP contribution in [0.2, 0.25) is 0 Å². The Morgan fingerprint density at radius 2 is 2.16 bits per heavy atom. The van der Waals surface area contributed by atoms with Crippen LogP contribution in [-0.2, 0) is 0 Å². The highest BCUT2D eigenvalue weighted by molar-refractivity contribution is 5.45. The van der Waals surface area contributed by atoms with Gasteiger partial charge in [0.05, 0.1) is 31.8 Å². The lowest BCUT2D eigenvalue weighted by Gasteiger charge is -2.18. The third-order valence-corrected chi connectivity index (χ3v) is 3.43. The molecule has 0 heterocycles. The lowest BCUT2D eigenvalue weighted by molar-refractivity contribution is 0.138. The van der Waals surface area contributed by atoms with Crippen LogP contribution in [0.3, 0.4) is 0 Å². The van der Waals surface area contributed by atoms with Crippen molar-refractivity contribution in [3.05, 3.63) is 23.8 Å². The maximum Gasteiger partial charge on any atom is 0.161 e. The normalized spacial score (nSPS) is 17.4. The summed E-state index contributed by atoms with van der Waals surface area (Å²) in [5.74, 6) is 1.02. The van der Waals surface area contributed by atoms with Gasteiger partial charge in [0.15, 0.2) is 11.5 Å². The minimum atomic E-state index is -0.590. The average Bonchev–Trinajstić information content (AvgIpc) is 3.25. The van der Waals surface area contributed by atoms with Crippen LogP contribution in [0, 0.1) is 17.2 Å². The van der Waals surface area contributed by atoms with Crippen LogP contribution in [0.15, 0.2) is 18.2 Å². The number of ether oxygens (including phenoxy) is 2. The number of rotatable bonds is 6. The Balaban J connectivity index is 2.25. The summed E-state index contributed by atoms with van der Waals surface area (Å²) in [6, 6.07) is 7.60. The van der Waals surface area contributed by atoms with Crippen molar-refractivity contribution in [2.75, 3.05) is 13.7 Å². The van der Waals surface area contributed by atoms with Gasteiger partial charge in [-0.2, -0.15) is 5.26 Å². The molecule has 1 N–H and O–H groups in total. The summed E-state index contributed by atoms with van der Waals surface area (Å²) >= 11 is 0. The van der Waals surface area contributed by atoms with Gasteiger partial charge in [-0.1, -0.05) is 6.07 Å². The van der Waals surface area contributed by atoms with E-state index in [2.05, 4.69) is 6.07 Å². The van der Waals surface area contributed by atoms with Crippen molar-refractivity contribution >= 4 is 0 Å². The zero-order valence-corrected chi connectivity index (χ0v) is 11.3. The molecule has 0 bridgehead atoms. The molecule has 0 aromatic heterocycles. The molecular weight excluding hydrogens is 242 g/mol. The summed E-state index contributed by atoms with van der Waals surface area (Å²) < 4.78 is 10.7. The largest absolute Gasteiger partial charge is 0.493 e. The Morgan fingerprint density at radius 3 is 2.68 bits per heavy atom. The zero-order chi connectivity index (χ0) is 13.8. The molecule has 1 saturated carbocycles. The lowest BCUT2D eigenvalue weighted by Crippen LogP contribution is -2.19. The van der Waals surface area contributed by atoms with Crippen LogP contribution in [0.4, 0.5) is 0 Å². The van der Waals surface area contributed by atoms with Crippen molar-refractivity contribution in [3.63, 3.8) is 0 Å². The van der Waals surface area contributed by atoms with Crippen molar-refractivity contribution in [1.82, 2.24) is 0 Å². The highest BCUT2D eigenvalue weighted by atomic mass is 16.5. The first-order chi connectivity index (χ1) is 9.21. The molecule has 19 heavy (non-hydrogen) atoms. The highest BCUT2D eigenvalue weighted by Crippen LogP contribution is 2.40. The predicted molar refractivity (Wildman–Crippen MR) is 71.2 cm³/mol. The van der Waals surface area contributed by atoms with Crippen molar-refractivity contribution in [2.24, 2.45) is 5.92 Å². The van der Waals surface area contributed by atoms with Crippen molar-refractivity contribution in [1.29, 1.82) is 5.26 Å². The van der Waals surface area contributed by atoms with Gasteiger partial charge in [-0.05, 0) is 43.4 Å². The fraction of sp³-hybridized carbons (Fsp3) is 0.533. The molecule has 4 heteroatoms. The molecule has 2 unspecified atom stereocenters. The van der Waals surface area contributed by atoms with Gasteiger partial charge >= 0.3 is 0 Å². The first kappa shape index (κ1) is 13.7. The number of nitrogens with zero attached hydrogens (tertiary/aromatic N) is 1. The van der Waals surface area contributed by atoms with Crippen LogP contribution in [0.1, 0.15) is 31.2 Å². The standard InChI is InChI=1S/C15H19NO3/c1-3-19-13-7-6-11(8-14(13)18-2)12(9-16)15(17)10-4-5-10/h6-8,10,12,15,17H,3-5H2,1-2H3. The molecule has 0 spiro atoms. The molecule has 1 aliphatic rings. The smallest absolute Gasteiger partial charge is 0.161 e. The highest BCUT2D eigenvalue weighted by Gasteiger charge is 2.36. The number of aliphatic hydroxyl groups is 1. The number of benzene rings is 1. The predicted octanol–water partition coefficient (Wildman–Crippen LogP) is 2.47. The summed E-state index contributed by atoms with van der Waals surface area (Å²) in [6.45, 7) is 2.46. The van der Waals surface area contributed by atoms with Crippen LogP contribution < -0.4 is 9.47 Å². The summed E-state index contributed by atoms with van der Waals surface area (Å²) in [6.07, 6.45) is 1.42. The molecule has 1 aliphatic carbocycles. The van der Waals surface area contributed by atoms with E-state index in [4.69, 9.17) is 9.47 Å². The van der Waals surface area contributed by atoms with Gasteiger partial charge in [-0.15, -0.1) is 0 Å². The number of hydrogen-bond donors (Lipinski definition) is 1. The number of methoxy groups -OCH3 is 1. The average molecular weight is 261 g/mol. The van der Waals surface area contributed by atoms with Crippen LogP contribution >= 0.6 is 0 Å². The number of aliphatic hydroxyl groups excluding tert-OH is 1. The molecule has 1 fully saturated rings. The SMILES string of the molecule is CCOc1ccc(C(C#N)C(O)C2CC2)cc1OC. The Kier molecular flexibility index (Phi) is 4.28. The van der Waals surface area contributed by atoms with E-state index in [0.29, 0.717) is 18.1 Å². The van der Waals surface area contributed by atoms with Gasteiger partial charge in [0.2, 0.25) is 0 Å². The van der Waals surface area contributed by atoms with Gasteiger partial charge in [-0.25, -0.2) is 0 Å². The molecule has 1 aromatic carbocycles. The van der Waals surface area contributed by atoms with E-state index in [0.717, 1.165) is 18.4 Å². The Labute approximate surface area is 113 Å².